The molecule has 0 bridgehead atoms. The maximum Gasteiger partial charge on any atom is 0.251 e. The van der Waals surface area contributed by atoms with Crippen LogP contribution in [0.5, 0.6) is 0 Å². The number of nitrogens with one attached hydrogen (secondary N) is 2. The van der Waals surface area contributed by atoms with Gasteiger partial charge in [0.15, 0.2) is 0 Å². The summed E-state index contributed by atoms with van der Waals surface area (Å²) in [5, 5.41) is 2.83. The fourth-order valence-electron chi connectivity index (χ4n) is 2.27. The van der Waals surface area contributed by atoms with Crippen LogP contribution in [0, 0.1) is 0 Å². The highest BCUT2D eigenvalue weighted by molar-refractivity contribution is 9.10. The normalized spacial score (nSPS) is 11.3. The first kappa shape index (κ1) is 21.6. The Labute approximate surface area is 168 Å². The molecule has 0 saturated carbocycles. The first-order valence-electron chi connectivity index (χ1n) is 8.62. The maximum absolute atomic E-state index is 12.3. The van der Waals surface area contributed by atoms with E-state index in [0.29, 0.717) is 25.3 Å². The van der Waals surface area contributed by atoms with Crippen molar-refractivity contribution in [3.8, 4) is 0 Å². The molecule has 0 unspecified atom stereocenters. The Morgan fingerprint density at radius 1 is 1.07 bits per heavy atom. The standard InChI is InChI=1S/C19H23BrN2O4S/c1-2-26-13-3-12-21-19(23)16-6-4-15(5-7-16)14-22-27(24,25)18-10-8-17(20)9-11-18/h4-11,22H,2-3,12-14H2,1H3,(H,21,23). The van der Waals surface area contributed by atoms with E-state index in [1.54, 1.807) is 36.4 Å². The number of rotatable bonds is 10. The lowest BCUT2D eigenvalue weighted by molar-refractivity contribution is 0.0944. The van der Waals surface area contributed by atoms with Crippen LogP contribution in [0.2, 0.25) is 0 Å². The summed E-state index contributed by atoms with van der Waals surface area (Å²) in [5.74, 6) is -0.159. The maximum atomic E-state index is 12.3. The predicted octanol–water partition coefficient (Wildman–Crippen LogP) is 3.08. The molecule has 0 atom stereocenters. The lowest BCUT2D eigenvalue weighted by Gasteiger charge is -2.08. The summed E-state index contributed by atoms with van der Waals surface area (Å²) in [6, 6.07) is 13.3. The molecule has 2 N–H and O–H groups in total. The zero-order valence-electron chi connectivity index (χ0n) is 15.1. The SMILES string of the molecule is CCOCCCNC(=O)c1ccc(CNS(=O)(=O)c2ccc(Br)cc2)cc1. The first-order chi connectivity index (χ1) is 12.9. The van der Waals surface area contributed by atoms with E-state index < -0.39 is 10.0 Å². The number of carbonyl (C=O) groups is 1. The van der Waals surface area contributed by atoms with Crippen molar-refractivity contribution in [1.29, 1.82) is 0 Å². The number of ether oxygens (including phenoxy) is 1. The molecule has 27 heavy (non-hydrogen) atoms. The van der Waals surface area contributed by atoms with Gasteiger partial charge in [0.25, 0.3) is 5.91 Å². The molecule has 2 rings (SSSR count). The fourth-order valence-corrected chi connectivity index (χ4v) is 3.55. The summed E-state index contributed by atoms with van der Waals surface area (Å²) in [6.07, 6.45) is 0.759. The largest absolute Gasteiger partial charge is 0.382 e. The molecule has 0 radical (unpaired) electrons. The molecule has 0 fully saturated rings. The molecule has 2 aromatic rings. The van der Waals surface area contributed by atoms with Crippen LogP contribution in [0.4, 0.5) is 0 Å². The molecule has 2 aromatic carbocycles. The van der Waals surface area contributed by atoms with Crippen LogP contribution in [0.15, 0.2) is 57.9 Å². The van der Waals surface area contributed by atoms with Gasteiger partial charge in [-0.1, -0.05) is 28.1 Å². The molecule has 8 heteroatoms. The van der Waals surface area contributed by atoms with Gasteiger partial charge in [0.1, 0.15) is 0 Å². The predicted molar refractivity (Wildman–Crippen MR) is 108 cm³/mol. The second-order valence-corrected chi connectivity index (χ2v) is 8.46. The van der Waals surface area contributed by atoms with Crippen molar-refractivity contribution in [2.45, 2.75) is 24.8 Å². The average Bonchev–Trinajstić information content (AvgIpc) is 2.67. The molecule has 0 aliphatic heterocycles. The Morgan fingerprint density at radius 3 is 2.37 bits per heavy atom. The zero-order chi connectivity index (χ0) is 19.7. The summed E-state index contributed by atoms with van der Waals surface area (Å²) < 4.78 is 33.2. The van der Waals surface area contributed by atoms with E-state index >= 15 is 0 Å². The quantitative estimate of drug-likeness (QED) is 0.540. The summed E-state index contributed by atoms with van der Waals surface area (Å²) in [7, 11) is -3.58. The van der Waals surface area contributed by atoms with Crippen LogP contribution >= 0.6 is 15.9 Å². The molecule has 0 aliphatic carbocycles. The van der Waals surface area contributed by atoms with Crippen LogP contribution in [0.3, 0.4) is 0 Å². The molecule has 1 amide bonds. The number of hydrogen-bond acceptors (Lipinski definition) is 4. The number of hydrogen-bond donors (Lipinski definition) is 2. The zero-order valence-corrected chi connectivity index (χ0v) is 17.5. The van der Waals surface area contributed by atoms with Gasteiger partial charge in [0, 0.05) is 36.3 Å². The number of carbonyl (C=O) groups excluding carboxylic acids is 1. The number of sulfonamides is 1. The molecule has 0 spiro atoms. The van der Waals surface area contributed by atoms with Crippen molar-refractivity contribution in [1.82, 2.24) is 10.0 Å². The fraction of sp³-hybridized carbons (Fsp3) is 0.316. The topological polar surface area (TPSA) is 84.5 Å². The Bertz CT molecular complexity index is 837. The molecule has 6 nitrogen and oxygen atoms in total. The van der Waals surface area contributed by atoms with Gasteiger partial charge in [-0.3, -0.25) is 4.79 Å². The van der Waals surface area contributed by atoms with E-state index in [-0.39, 0.29) is 17.3 Å². The Balaban J connectivity index is 1.86. The van der Waals surface area contributed by atoms with Crippen molar-refractivity contribution < 1.29 is 17.9 Å². The summed E-state index contributed by atoms with van der Waals surface area (Å²) in [6.45, 7) is 3.91. The van der Waals surface area contributed by atoms with E-state index in [2.05, 4.69) is 26.0 Å². The van der Waals surface area contributed by atoms with E-state index in [1.165, 1.54) is 12.1 Å². The second kappa shape index (κ2) is 10.6. The van der Waals surface area contributed by atoms with Gasteiger partial charge in [0.2, 0.25) is 10.0 Å². The van der Waals surface area contributed by atoms with Gasteiger partial charge in [-0.2, -0.15) is 0 Å². The van der Waals surface area contributed by atoms with E-state index in [4.69, 9.17) is 4.74 Å². The number of amides is 1. The van der Waals surface area contributed by atoms with Crippen molar-refractivity contribution >= 4 is 31.9 Å². The van der Waals surface area contributed by atoms with Crippen molar-refractivity contribution in [3.63, 3.8) is 0 Å². The first-order valence-corrected chi connectivity index (χ1v) is 10.9. The van der Waals surface area contributed by atoms with E-state index in [0.717, 1.165) is 16.5 Å². The number of benzene rings is 2. The third kappa shape index (κ3) is 7.06. The van der Waals surface area contributed by atoms with E-state index in [9.17, 15) is 13.2 Å². The minimum absolute atomic E-state index is 0.147. The highest BCUT2D eigenvalue weighted by Crippen LogP contribution is 2.15. The Morgan fingerprint density at radius 2 is 1.74 bits per heavy atom. The lowest BCUT2D eigenvalue weighted by Crippen LogP contribution is -2.25. The molecule has 0 saturated heterocycles. The Hall–Kier alpha value is -1.74. The highest BCUT2D eigenvalue weighted by atomic mass is 79.9. The van der Waals surface area contributed by atoms with Gasteiger partial charge >= 0.3 is 0 Å². The van der Waals surface area contributed by atoms with Crippen molar-refractivity contribution in [3.05, 3.63) is 64.1 Å². The van der Waals surface area contributed by atoms with Crippen LogP contribution in [-0.2, 0) is 21.3 Å². The van der Waals surface area contributed by atoms with Gasteiger partial charge in [-0.05, 0) is 55.3 Å². The van der Waals surface area contributed by atoms with Crippen molar-refractivity contribution in [2.75, 3.05) is 19.8 Å². The van der Waals surface area contributed by atoms with Crippen LogP contribution < -0.4 is 10.0 Å². The van der Waals surface area contributed by atoms with E-state index in [1.807, 2.05) is 6.92 Å². The summed E-state index contributed by atoms with van der Waals surface area (Å²) in [5.41, 5.74) is 1.30. The number of halogens is 1. The van der Waals surface area contributed by atoms with Crippen LogP contribution in [0.1, 0.15) is 29.3 Å². The molecular weight excluding hydrogens is 432 g/mol. The third-order valence-electron chi connectivity index (χ3n) is 3.76. The average molecular weight is 455 g/mol. The van der Waals surface area contributed by atoms with Gasteiger partial charge in [-0.15, -0.1) is 0 Å². The lowest BCUT2D eigenvalue weighted by atomic mass is 10.1. The minimum atomic E-state index is -3.58. The molecular formula is C19H23BrN2O4S. The van der Waals surface area contributed by atoms with Gasteiger partial charge in [0.05, 0.1) is 4.90 Å². The second-order valence-electron chi connectivity index (χ2n) is 5.78. The van der Waals surface area contributed by atoms with Crippen molar-refractivity contribution in [2.24, 2.45) is 0 Å². The van der Waals surface area contributed by atoms with Crippen LogP contribution in [-0.4, -0.2) is 34.1 Å². The smallest absolute Gasteiger partial charge is 0.251 e. The van der Waals surface area contributed by atoms with Crippen LogP contribution in [0.25, 0.3) is 0 Å². The molecule has 0 aliphatic rings. The molecule has 0 heterocycles. The van der Waals surface area contributed by atoms with Gasteiger partial charge < -0.3 is 10.1 Å². The monoisotopic (exact) mass is 454 g/mol. The molecule has 0 aromatic heterocycles. The summed E-state index contributed by atoms with van der Waals surface area (Å²) in [4.78, 5) is 12.3. The highest BCUT2D eigenvalue weighted by Gasteiger charge is 2.13. The van der Waals surface area contributed by atoms with Gasteiger partial charge in [-0.25, -0.2) is 13.1 Å². The summed E-state index contributed by atoms with van der Waals surface area (Å²) >= 11 is 3.28. The Kier molecular flexibility index (Phi) is 8.43. The third-order valence-corrected chi connectivity index (χ3v) is 5.71. The minimum Gasteiger partial charge on any atom is -0.382 e. The molecule has 146 valence electrons.